The fraction of sp³-hybridized carbons (Fsp3) is 0.350. The predicted molar refractivity (Wildman–Crippen MR) is 98.5 cm³/mol. The summed E-state index contributed by atoms with van der Waals surface area (Å²) in [5, 5.41) is 8.70. The number of hydrogen-bond donors (Lipinski definition) is 0. The minimum Gasteiger partial charge on any atom is -0.456 e. The molecule has 1 saturated heterocycles. The molecule has 160 valence electrons. The van der Waals surface area contributed by atoms with Crippen LogP contribution in [0.5, 0.6) is 11.5 Å². The molecular weight excluding hydrogens is 434 g/mol. The molecule has 1 heterocycles. The molecule has 0 spiro atoms. The van der Waals surface area contributed by atoms with Crippen LogP contribution < -0.4 is 9.64 Å². The molecule has 30 heavy (non-hydrogen) atoms. The van der Waals surface area contributed by atoms with Crippen LogP contribution in [0.2, 0.25) is 5.02 Å². The Kier molecular flexibility index (Phi) is 6.09. The smallest absolute Gasteiger partial charge is 0.416 e. The van der Waals surface area contributed by atoms with Crippen molar-refractivity contribution in [1.82, 2.24) is 0 Å². The van der Waals surface area contributed by atoms with Gasteiger partial charge in [0.15, 0.2) is 0 Å². The van der Waals surface area contributed by atoms with Gasteiger partial charge < -0.3 is 9.64 Å². The molecule has 0 bridgehead atoms. The molecule has 1 aliphatic rings. The maximum absolute atomic E-state index is 13.1. The predicted octanol–water partition coefficient (Wildman–Crippen LogP) is 6.82. The van der Waals surface area contributed by atoms with Gasteiger partial charge in [0.2, 0.25) is 0 Å². The largest absolute Gasteiger partial charge is 0.456 e. The molecule has 0 radical (unpaired) electrons. The van der Waals surface area contributed by atoms with E-state index in [1.165, 1.54) is 29.2 Å². The Labute approximate surface area is 173 Å². The van der Waals surface area contributed by atoms with Gasteiger partial charge in [0.05, 0.1) is 29.0 Å². The number of alkyl halides is 6. The van der Waals surface area contributed by atoms with Crippen molar-refractivity contribution >= 4 is 17.3 Å². The number of nitrogens with zero attached hydrogens (tertiary/aromatic N) is 2. The van der Waals surface area contributed by atoms with Gasteiger partial charge in [-0.3, -0.25) is 0 Å². The fourth-order valence-electron chi connectivity index (χ4n) is 3.36. The maximum atomic E-state index is 13.1. The van der Waals surface area contributed by atoms with Gasteiger partial charge >= 0.3 is 12.4 Å². The van der Waals surface area contributed by atoms with Crippen molar-refractivity contribution in [1.29, 1.82) is 5.26 Å². The minimum atomic E-state index is -4.53. The summed E-state index contributed by atoms with van der Waals surface area (Å²) in [6, 6.07) is 10.1. The highest BCUT2D eigenvalue weighted by Gasteiger charge is 2.47. The first-order valence-electron chi connectivity index (χ1n) is 8.84. The zero-order valence-corrected chi connectivity index (χ0v) is 16.0. The lowest BCUT2D eigenvalue weighted by molar-refractivity contribution is -0.168. The van der Waals surface area contributed by atoms with E-state index in [1.807, 2.05) is 6.07 Å². The van der Waals surface area contributed by atoms with Crippen molar-refractivity contribution in [2.75, 3.05) is 11.4 Å². The lowest BCUT2D eigenvalue weighted by atomic mass is 10.0. The average molecular weight is 449 g/mol. The standard InChI is InChI=1S/C20H15ClF6N2O/c21-17-10-12(19(22,23)24)1-6-18(17)30-16-4-2-14(3-5-16)29-11-13(20(25,26)27)9-15(29)7-8-28/h1-6,10,13,15H,7,9,11H2/t13?,15-/m1/s1. The van der Waals surface area contributed by atoms with Crippen molar-refractivity contribution in [3.8, 4) is 17.6 Å². The molecule has 1 aliphatic heterocycles. The molecule has 3 nitrogen and oxygen atoms in total. The number of halogens is 7. The quantitative estimate of drug-likeness (QED) is 0.481. The Bertz CT molecular complexity index is 936. The Balaban J connectivity index is 1.76. The van der Waals surface area contributed by atoms with Crippen LogP contribution in [0, 0.1) is 17.2 Å². The summed E-state index contributed by atoms with van der Waals surface area (Å²) in [5.41, 5.74) is -0.417. The molecule has 2 aromatic rings. The van der Waals surface area contributed by atoms with Gasteiger partial charge in [-0.05, 0) is 48.9 Å². The van der Waals surface area contributed by atoms with Crippen LogP contribution in [0.3, 0.4) is 0 Å². The molecule has 0 N–H and O–H groups in total. The lowest BCUT2D eigenvalue weighted by Gasteiger charge is -2.25. The molecule has 1 unspecified atom stereocenters. The summed E-state index contributed by atoms with van der Waals surface area (Å²) in [6.45, 7) is -0.249. The highest BCUT2D eigenvalue weighted by molar-refractivity contribution is 6.32. The summed E-state index contributed by atoms with van der Waals surface area (Å²) in [6.07, 6.45) is -9.07. The van der Waals surface area contributed by atoms with Gasteiger partial charge in [0.1, 0.15) is 11.5 Å². The fourth-order valence-corrected chi connectivity index (χ4v) is 3.58. The Morgan fingerprint density at radius 2 is 1.73 bits per heavy atom. The van der Waals surface area contributed by atoms with Gasteiger partial charge in [-0.15, -0.1) is 0 Å². The van der Waals surface area contributed by atoms with E-state index in [9.17, 15) is 26.3 Å². The SMILES string of the molecule is N#CC[C@@H]1CC(C(F)(F)F)CN1c1ccc(Oc2ccc(C(F)(F)F)cc2Cl)cc1. The van der Waals surface area contributed by atoms with Crippen molar-refractivity contribution in [3.05, 3.63) is 53.1 Å². The second-order valence-corrected chi connectivity index (χ2v) is 7.29. The van der Waals surface area contributed by atoms with Crippen LogP contribution in [-0.4, -0.2) is 18.8 Å². The van der Waals surface area contributed by atoms with Gasteiger partial charge in [0, 0.05) is 18.3 Å². The first-order chi connectivity index (χ1) is 14.0. The second-order valence-electron chi connectivity index (χ2n) is 6.88. The Morgan fingerprint density at radius 3 is 2.27 bits per heavy atom. The summed E-state index contributed by atoms with van der Waals surface area (Å²) in [7, 11) is 0. The van der Waals surface area contributed by atoms with E-state index < -0.39 is 29.9 Å². The summed E-state index contributed by atoms with van der Waals surface area (Å²) < 4.78 is 82.9. The third-order valence-corrected chi connectivity index (χ3v) is 5.16. The van der Waals surface area contributed by atoms with Gasteiger partial charge in [0.25, 0.3) is 0 Å². The Hall–Kier alpha value is -2.60. The van der Waals surface area contributed by atoms with Crippen LogP contribution in [-0.2, 0) is 6.18 Å². The number of ether oxygens (including phenoxy) is 1. The van der Waals surface area contributed by atoms with Crippen molar-refractivity contribution in [2.45, 2.75) is 31.2 Å². The summed E-state index contributed by atoms with van der Waals surface area (Å²) in [5.74, 6) is -1.25. The van der Waals surface area contributed by atoms with E-state index in [1.54, 1.807) is 0 Å². The zero-order valence-electron chi connectivity index (χ0n) is 15.3. The first kappa shape index (κ1) is 22.1. The van der Waals surface area contributed by atoms with Crippen LogP contribution in [0.15, 0.2) is 42.5 Å². The molecule has 10 heteroatoms. The molecule has 0 aromatic heterocycles. The van der Waals surface area contributed by atoms with Gasteiger partial charge in [-0.25, -0.2) is 0 Å². The Morgan fingerprint density at radius 1 is 1.07 bits per heavy atom. The van der Waals surface area contributed by atoms with Crippen LogP contribution in [0.25, 0.3) is 0 Å². The number of nitriles is 1. The maximum Gasteiger partial charge on any atom is 0.416 e. The van der Waals surface area contributed by atoms with E-state index >= 15 is 0 Å². The van der Waals surface area contributed by atoms with E-state index in [2.05, 4.69) is 0 Å². The molecular formula is C20H15ClF6N2O. The molecule has 0 amide bonds. The average Bonchev–Trinajstić information content (AvgIpc) is 3.08. The molecule has 0 aliphatic carbocycles. The van der Waals surface area contributed by atoms with Gasteiger partial charge in [-0.2, -0.15) is 31.6 Å². The van der Waals surface area contributed by atoms with Gasteiger partial charge in [-0.1, -0.05) is 11.6 Å². The highest BCUT2D eigenvalue weighted by Crippen LogP contribution is 2.41. The molecule has 0 saturated carbocycles. The third kappa shape index (κ3) is 4.93. The monoisotopic (exact) mass is 448 g/mol. The van der Waals surface area contributed by atoms with Crippen molar-refractivity contribution in [3.63, 3.8) is 0 Å². The topological polar surface area (TPSA) is 36.3 Å². The zero-order chi connectivity index (χ0) is 22.1. The van der Waals surface area contributed by atoms with E-state index in [4.69, 9.17) is 21.6 Å². The van der Waals surface area contributed by atoms with Crippen LogP contribution >= 0.6 is 11.6 Å². The number of hydrogen-bond acceptors (Lipinski definition) is 3. The van der Waals surface area contributed by atoms with Crippen LogP contribution in [0.1, 0.15) is 18.4 Å². The molecule has 2 aromatic carbocycles. The highest BCUT2D eigenvalue weighted by atomic mass is 35.5. The first-order valence-corrected chi connectivity index (χ1v) is 9.22. The summed E-state index contributed by atoms with van der Waals surface area (Å²) >= 11 is 5.86. The summed E-state index contributed by atoms with van der Waals surface area (Å²) in [4.78, 5) is 1.54. The van der Waals surface area contributed by atoms with E-state index in [-0.39, 0.29) is 35.9 Å². The van der Waals surface area contributed by atoms with Crippen LogP contribution in [0.4, 0.5) is 32.0 Å². The second kappa shape index (κ2) is 8.26. The third-order valence-electron chi connectivity index (χ3n) is 4.86. The normalized spacial score (nSPS) is 19.6. The van der Waals surface area contributed by atoms with Crippen molar-refractivity contribution < 1.29 is 31.1 Å². The van der Waals surface area contributed by atoms with Crippen molar-refractivity contribution in [2.24, 2.45) is 5.92 Å². The van der Waals surface area contributed by atoms with E-state index in [0.29, 0.717) is 5.69 Å². The number of anilines is 1. The minimum absolute atomic E-state index is 0.0121. The molecule has 3 rings (SSSR count). The lowest BCUT2D eigenvalue weighted by Crippen LogP contribution is -2.30. The molecule has 2 atom stereocenters. The van der Waals surface area contributed by atoms with E-state index in [0.717, 1.165) is 18.2 Å². The number of benzene rings is 2. The molecule has 1 fully saturated rings. The number of rotatable bonds is 4.